The van der Waals surface area contributed by atoms with E-state index in [9.17, 15) is 9.18 Å². The Bertz CT molecular complexity index is 312. The second-order valence-corrected chi connectivity index (χ2v) is 2.56. The van der Waals surface area contributed by atoms with Crippen LogP contribution in [0.2, 0.25) is 0 Å². The van der Waals surface area contributed by atoms with E-state index in [0.717, 1.165) is 6.07 Å². The van der Waals surface area contributed by atoms with Crippen LogP contribution in [0.4, 0.5) is 9.18 Å². The summed E-state index contributed by atoms with van der Waals surface area (Å²) in [5, 5.41) is 0. The van der Waals surface area contributed by atoms with Crippen molar-refractivity contribution in [1.82, 2.24) is 0 Å². The summed E-state index contributed by atoms with van der Waals surface area (Å²) in [4.78, 5) is 10.3. The van der Waals surface area contributed by atoms with Crippen LogP contribution in [0.15, 0.2) is 18.2 Å². The van der Waals surface area contributed by atoms with Gasteiger partial charge in [-0.1, -0.05) is 6.07 Å². The van der Waals surface area contributed by atoms with E-state index < -0.39 is 11.2 Å². The molecule has 0 bridgehead atoms. The Kier molecular flexibility index (Phi) is 2.65. The molecule has 0 saturated heterocycles. The molecule has 0 amide bonds. The minimum absolute atomic E-state index is 0.148. The maximum Gasteiger partial charge on any atom is 0.409 e. The average Bonchev–Trinajstić information content (AvgIpc) is 1.96. The lowest BCUT2D eigenvalue weighted by molar-refractivity contribution is 0.225. The predicted molar refractivity (Wildman–Crippen MR) is 43.0 cm³/mol. The van der Waals surface area contributed by atoms with Crippen molar-refractivity contribution in [1.29, 1.82) is 0 Å². The number of rotatable bonds is 1. The molecule has 0 radical (unpaired) electrons. The third-order valence-corrected chi connectivity index (χ3v) is 1.42. The van der Waals surface area contributed by atoms with Gasteiger partial charge in [-0.15, -0.1) is 0 Å². The van der Waals surface area contributed by atoms with E-state index >= 15 is 0 Å². The van der Waals surface area contributed by atoms with Crippen LogP contribution in [0.1, 0.15) is 5.56 Å². The first kappa shape index (κ1) is 9.00. The van der Waals surface area contributed by atoms with Crippen LogP contribution < -0.4 is 4.74 Å². The number of hydrogen-bond acceptors (Lipinski definition) is 2. The fourth-order valence-corrected chi connectivity index (χ4v) is 0.853. The van der Waals surface area contributed by atoms with Crippen molar-refractivity contribution >= 4 is 17.0 Å². The van der Waals surface area contributed by atoms with E-state index in [1.807, 2.05) is 0 Å². The summed E-state index contributed by atoms with van der Waals surface area (Å²) in [5.74, 6) is -0.316. The van der Waals surface area contributed by atoms with Gasteiger partial charge >= 0.3 is 5.43 Å². The van der Waals surface area contributed by atoms with Gasteiger partial charge in [0.25, 0.3) is 0 Å². The zero-order chi connectivity index (χ0) is 9.14. The second kappa shape index (κ2) is 3.54. The van der Waals surface area contributed by atoms with Gasteiger partial charge in [0, 0.05) is 17.7 Å². The number of benzene rings is 1. The number of carbonyl (C=O) groups is 1. The van der Waals surface area contributed by atoms with Gasteiger partial charge in [-0.2, -0.15) is 0 Å². The Labute approximate surface area is 73.9 Å². The smallest absolute Gasteiger partial charge is 0.409 e. The highest BCUT2D eigenvalue weighted by atomic mass is 35.5. The summed E-state index contributed by atoms with van der Waals surface area (Å²) < 4.78 is 17.1. The maximum absolute atomic E-state index is 12.6. The maximum atomic E-state index is 12.6. The van der Waals surface area contributed by atoms with Gasteiger partial charge in [0.1, 0.15) is 11.6 Å². The largest absolute Gasteiger partial charge is 0.414 e. The first-order valence-electron chi connectivity index (χ1n) is 3.23. The standard InChI is InChI=1S/C8H6ClFO2/c1-5-2-3-6(10)4-7(5)12-8(9)11/h2-4H,1H3. The van der Waals surface area contributed by atoms with Gasteiger partial charge in [0.05, 0.1) is 0 Å². The van der Waals surface area contributed by atoms with Crippen molar-refractivity contribution in [2.75, 3.05) is 0 Å². The van der Waals surface area contributed by atoms with Crippen LogP contribution in [-0.4, -0.2) is 5.43 Å². The molecule has 0 fully saturated rings. The molecular weight excluding hydrogens is 183 g/mol. The lowest BCUT2D eigenvalue weighted by Gasteiger charge is -2.02. The summed E-state index contributed by atoms with van der Waals surface area (Å²) in [5.41, 5.74) is -0.311. The Morgan fingerprint density at radius 1 is 1.58 bits per heavy atom. The molecule has 0 unspecified atom stereocenters. The van der Waals surface area contributed by atoms with Crippen molar-refractivity contribution in [2.24, 2.45) is 0 Å². The zero-order valence-electron chi connectivity index (χ0n) is 6.30. The average molecular weight is 189 g/mol. The molecule has 0 aliphatic heterocycles. The van der Waals surface area contributed by atoms with E-state index in [1.54, 1.807) is 6.92 Å². The van der Waals surface area contributed by atoms with Gasteiger partial charge in [-0.3, -0.25) is 0 Å². The van der Waals surface area contributed by atoms with E-state index in [1.165, 1.54) is 12.1 Å². The van der Waals surface area contributed by atoms with Crippen molar-refractivity contribution in [3.8, 4) is 5.75 Å². The SMILES string of the molecule is Cc1ccc(F)cc1OC(=O)Cl. The van der Waals surface area contributed by atoms with Gasteiger partial charge in [-0.25, -0.2) is 9.18 Å². The van der Waals surface area contributed by atoms with Crippen molar-refractivity contribution < 1.29 is 13.9 Å². The second-order valence-electron chi connectivity index (χ2n) is 2.25. The summed E-state index contributed by atoms with van der Waals surface area (Å²) in [6, 6.07) is 3.89. The monoisotopic (exact) mass is 188 g/mol. The molecule has 0 heterocycles. The number of ether oxygens (including phenoxy) is 1. The molecule has 0 aromatic heterocycles. The van der Waals surface area contributed by atoms with Gasteiger partial charge in [0.15, 0.2) is 0 Å². The molecule has 1 aromatic rings. The molecule has 0 N–H and O–H groups in total. The van der Waals surface area contributed by atoms with E-state index in [-0.39, 0.29) is 5.75 Å². The minimum atomic E-state index is -0.969. The van der Waals surface area contributed by atoms with Crippen molar-refractivity contribution in [3.63, 3.8) is 0 Å². The minimum Gasteiger partial charge on any atom is -0.414 e. The van der Waals surface area contributed by atoms with E-state index in [2.05, 4.69) is 4.74 Å². The molecular formula is C8H6ClFO2. The molecule has 0 atom stereocenters. The highest BCUT2D eigenvalue weighted by Gasteiger charge is 2.04. The van der Waals surface area contributed by atoms with Gasteiger partial charge in [0.2, 0.25) is 0 Å². The van der Waals surface area contributed by atoms with Crippen LogP contribution >= 0.6 is 11.6 Å². The lowest BCUT2D eigenvalue weighted by atomic mass is 10.2. The van der Waals surface area contributed by atoms with Crippen molar-refractivity contribution in [3.05, 3.63) is 29.6 Å². The molecule has 1 rings (SSSR count). The Hall–Kier alpha value is -1.09. The highest BCUT2D eigenvalue weighted by Crippen LogP contribution is 2.19. The Balaban J connectivity index is 2.97. The number of halogens is 2. The fourth-order valence-electron chi connectivity index (χ4n) is 0.770. The van der Waals surface area contributed by atoms with Crippen LogP contribution in [0, 0.1) is 12.7 Å². The van der Waals surface area contributed by atoms with E-state index in [4.69, 9.17) is 11.6 Å². The number of carbonyl (C=O) groups excluding carboxylic acids is 1. The third kappa shape index (κ3) is 2.20. The molecule has 0 aliphatic rings. The Morgan fingerprint density at radius 3 is 2.83 bits per heavy atom. The summed E-state index contributed by atoms with van der Waals surface area (Å²) in [7, 11) is 0. The van der Waals surface area contributed by atoms with Crippen LogP contribution in [-0.2, 0) is 0 Å². The van der Waals surface area contributed by atoms with Crippen molar-refractivity contribution in [2.45, 2.75) is 6.92 Å². The lowest BCUT2D eigenvalue weighted by Crippen LogP contribution is -1.98. The quantitative estimate of drug-likeness (QED) is 0.634. The highest BCUT2D eigenvalue weighted by molar-refractivity contribution is 6.61. The molecule has 0 spiro atoms. The number of hydrogen-bond donors (Lipinski definition) is 0. The molecule has 12 heavy (non-hydrogen) atoms. The molecule has 4 heteroatoms. The molecule has 1 aromatic carbocycles. The first-order valence-corrected chi connectivity index (χ1v) is 3.61. The number of aryl methyl sites for hydroxylation is 1. The molecule has 2 nitrogen and oxygen atoms in total. The zero-order valence-corrected chi connectivity index (χ0v) is 7.06. The molecule has 64 valence electrons. The fraction of sp³-hybridized carbons (Fsp3) is 0.125. The van der Waals surface area contributed by atoms with Gasteiger partial charge in [-0.05, 0) is 18.6 Å². The third-order valence-electron chi connectivity index (χ3n) is 1.34. The molecule has 0 saturated carbocycles. The first-order chi connectivity index (χ1) is 5.59. The van der Waals surface area contributed by atoms with Gasteiger partial charge < -0.3 is 4.74 Å². The van der Waals surface area contributed by atoms with Crippen LogP contribution in [0.5, 0.6) is 5.75 Å². The van der Waals surface area contributed by atoms with Crippen LogP contribution in [0.3, 0.4) is 0 Å². The van der Waals surface area contributed by atoms with E-state index in [0.29, 0.717) is 5.56 Å². The Morgan fingerprint density at radius 2 is 2.25 bits per heavy atom. The van der Waals surface area contributed by atoms with Crippen LogP contribution in [0.25, 0.3) is 0 Å². The normalized spacial score (nSPS) is 9.58. The predicted octanol–water partition coefficient (Wildman–Crippen LogP) is 2.87. The molecule has 0 aliphatic carbocycles. The summed E-state index contributed by atoms with van der Waals surface area (Å²) >= 11 is 4.95. The topological polar surface area (TPSA) is 26.3 Å². The summed E-state index contributed by atoms with van der Waals surface area (Å²) in [6.45, 7) is 1.69. The summed E-state index contributed by atoms with van der Waals surface area (Å²) in [6.07, 6.45) is 0.